The fourth-order valence-corrected chi connectivity index (χ4v) is 2.98. The van der Waals surface area contributed by atoms with Gasteiger partial charge in [0, 0.05) is 44.3 Å². The highest BCUT2D eigenvalue weighted by Gasteiger charge is 2.21. The zero-order valence-electron chi connectivity index (χ0n) is 17.3. The number of ether oxygens (including phenoxy) is 1. The second-order valence-corrected chi connectivity index (χ2v) is 8.25. The summed E-state index contributed by atoms with van der Waals surface area (Å²) in [5.41, 5.74) is 0.149. The second-order valence-electron chi connectivity index (χ2n) is 8.25. The fourth-order valence-electron chi connectivity index (χ4n) is 2.98. The zero-order valence-corrected chi connectivity index (χ0v) is 17.3. The molecule has 1 heterocycles. The smallest absolute Gasteiger partial charge is 0.191 e. The van der Waals surface area contributed by atoms with E-state index in [9.17, 15) is 0 Å². The summed E-state index contributed by atoms with van der Waals surface area (Å²) in [5.74, 6) is 1.59. The van der Waals surface area contributed by atoms with Gasteiger partial charge in [-0.3, -0.25) is 9.89 Å². The molecule has 1 saturated heterocycles. The van der Waals surface area contributed by atoms with E-state index in [4.69, 9.17) is 9.73 Å². The van der Waals surface area contributed by atoms with E-state index in [1.54, 1.807) is 0 Å². The molecule has 1 rings (SSSR count). The van der Waals surface area contributed by atoms with Crippen molar-refractivity contribution >= 4 is 5.96 Å². The molecule has 0 aromatic heterocycles. The van der Waals surface area contributed by atoms with E-state index in [0.29, 0.717) is 12.0 Å². The number of nitrogens with one attached hydrogen (secondary N) is 3. The third kappa shape index (κ3) is 10.7. The Labute approximate surface area is 155 Å². The summed E-state index contributed by atoms with van der Waals surface area (Å²) < 4.78 is 5.50. The topological polar surface area (TPSA) is 60.9 Å². The Bertz CT molecular complexity index is 373. The maximum absolute atomic E-state index is 5.50. The maximum atomic E-state index is 5.50. The standard InChI is InChI=1S/C19H41N5O/c1-7-20-18(21-8-9-23-19(4,5)6)22-15-17(14-16(2)3)24-10-12-25-13-11-24/h16-17,23H,7-15H2,1-6H3,(H2,20,21,22). The normalized spacial score (nSPS) is 18.4. The molecule has 6 nitrogen and oxygen atoms in total. The molecule has 0 spiro atoms. The number of aliphatic imine (C=N–C) groups is 1. The molecule has 0 amide bonds. The third-order valence-electron chi connectivity index (χ3n) is 4.18. The van der Waals surface area contributed by atoms with E-state index in [0.717, 1.165) is 58.4 Å². The first kappa shape index (κ1) is 22.2. The summed E-state index contributed by atoms with van der Waals surface area (Å²) in [6, 6.07) is 0.493. The maximum Gasteiger partial charge on any atom is 0.191 e. The molecule has 0 saturated carbocycles. The van der Waals surface area contributed by atoms with Crippen LogP contribution in [0.1, 0.15) is 48.0 Å². The highest BCUT2D eigenvalue weighted by Crippen LogP contribution is 2.14. The molecule has 0 aliphatic carbocycles. The minimum atomic E-state index is 0.149. The van der Waals surface area contributed by atoms with Crippen molar-refractivity contribution in [2.75, 3.05) is 52.5 Å². The molecule has 0 radical (unpaired) electrons. The lowest BCUT2D eigenvalue weighted by Gasteiger charge is -2.34. The van der Waals surface area contributed by atoms with Gasteiger partial charge in [0.15, 0.2) is 5.96 Å². The van der Waals surface area contributed by atoms with E-state index in [1.807, 2.05) is 0 Å². The van der Waals surface area contributed by atoms with Crippen molar-refractivity contribution in [2.24, 2.45) is 10.9 Å². The average molecular weight is 356 g/mol. The first-order valence-corrected chi connectivity index (χ1v) is 9.91. The molecule has 1 aliphatic rings. The summed E-state index contributed by atoms with van der Waals surface area (Å²) in [4.78, 5) is 7.40. The number of nitrogens with zero attached hydrogens (tertiary/aromatic N) is 2. The van der Waals surface area contributed by atoms with Crippen molar-refractivity contribution in [1.29, 1.82) is 0 Å². The summed E-state index contributed by atoms with van der Waals surface area (Å²) >= 11 is 0. The second kappa shape index (κ2) is 11.7. The molecule has 1 aliphatic heterocycles. The van der Waals surface area contributed by atoms with Crippen molar-refractivity contribution in [1.82, 2.24) is 20.9 Å². The predicted octanol–water partition coefficient (Wildman–Crippen LogP) is 1.68. The largest absolute Gasteiger partial charge is 0.379 e. The summed E-state index contributed by atoms with van der Waals surface area (Å²) in [5, 5.41) is 10.3. The Morgan fingerprint density at radius 3 is 2.36 bits per heavy atom. The van der Waals surface area contributed by atoms with Crippen LogP contribution in [0.25, 0.3) is 0 Å². The van der Waals surface area contributed by atoms with Gasteiger partial charge < -0.3 is 20.7 Å². The highest BCUT2D eigenvalue weighted by atomic mass is 16.5. The number of rotatable bonds is 9. The molecule has 0 aromatic carbocycles. The van der Waals surface area contributed by atoms with E-state index in [2.05, 4.69) is 62.4 Å². The zero-order chi connectivity index (χ0) is 18.7. The van der Waals surface area contributed by atoms with Gasteiger partial charge in [0.05, 0.1) is 19.8 Å². The van der Waals surface area contributed by atoms with Gasteiger partial charge in [0.2, 0.25) is 0 Å². The first-order chi connectivity index (χ1) is 11.8. The van der Waals surface area contributed by atoms with E-state index < -0.39 is 0 Å². The number of guanidine groups is 1. The van der Waals surface area contributed by atoms with Crippen molar-refractivity contribution in [3.8, 4) is 0 Å². The van der Waals surface area contributed by atoms with Crippen LogP contribution in [0.4, 0.5) is 0 Å². The molecule has 25 heavy (non-hydrogen) atoms. The van der Waals surface area contributed by atoms with Crippen molar-refractivity contribution < 1.29 is 4.74 Å². The molecule has 148 valence electrons. The van der Waals surface area contributed by atoms with Gasteiger partial charge in [-0.15, -0.1) is 0 Å². The molecule has 1 unspecified atom stereocenters. The van der Waals surface area contributed by atoms with Crippen LogP contribution in [0.3, 0.4) is 0 Å². The minimum Gasteiger partial charge on any atom is -0.379 e. The Kier molecular flexibility index (Phi) is 10.4. The Morgan fingerprint density at radius 1 is 1.12 bits per heavy atom. The Morgan fingerprint density at radius 2 is 1.80 bits per heavy atom. The van der Waals surface area contributed by atoms with Crippen molar-refractivity contribution in [3.63, 3.8) is 0 Å². The molecular formula is C19H41N5O. The monoisotopic (exact) mass is 355 g/mol. The molecule has 1 atom stereocenters. The van der Waals surface area contributed by atoms with Gasteiger partial charge in [0.25, 0.3) is 0 Å². The summed E-state index contributed by atoms with van der Waals surface area (Å²) in [6.45, 7) is 20.5. The van der Waals surface area contributed by atoms with Crippen LogP contribution in [-0.4, -0.2) is 74.9 Å². The van der Waals surface area contributed by atoms with Crippen molar-refractivity contribution in [3.05, 3.63) is 0 Å². The van der Waals surface area contributed by atoms with Gasteiger partial charge in [-0.2, -0.15) is 0 Å². The van der Waals surface area contributed by atoms with Crippen LogP contribution in [0.2, 0.25) is 0 Å². The van der Waals surface area contributed by atoms with E-state index >= 15 is 0 Å². The van der Waals surface area contributed by atoms with Crippen LogP contribution < -0.4 is 16.0 Å². The molecule has 1 fully saturated rings. The molecule has 3 N–H and O–H groups in total. The van der Waals surface area contributed by atoms with Crippen LogP contribution in [0.15, 0.2) is 4.99 Å². The number of morpholine rings is 1. The van der Waals surface area contributed by atoms with E-state index in [-0.39, 0.29) is 5.54 Å². The van der Waals surface area contributed by atoms with Crippen LogP contribution in [0, 0.1) is 5.92 Å². The summed E-state index contributed by atoms with van der Waals surface area (Å²) in [6.07, 6.45) is 1.18. The number of hydrogen-bond acceptors (Lipinski definition) is 4. The van der Waals surface area contributed by atoms with Gasteiger partial charge in [-0.25, -0.2) is 0 Å². The Hall–Kier alpha value is -0.850. The van der Waals surface area contributed by atoms with Gasteiger partial charge >= 0.3 is 0 Å². The first-order valence-electron chi connectivity index (χ1n) is 9.91. The quantitative estimate of drug-likeness (QED) is 0.334. The fraction of sp³-hybridized carbons (Fsp3) is 0.947. The van der Waals surface area contributed by atoms with Crippen LogP contribution in [0.5, 0.6) is 0 Å². The minimum absolute atomic E-state index is 0.149. The Balaban J connectivity index is 2.54. The lowest BCUT2D eigenvalue weighted by atomic mass is 10.0. The van der Waals surface area contributed by atoms with E-state index in [1.165, 1.54) is 6.42 Å². The average Bonchev–Trinajstić information content (AvgIpc) is 2.54. The lowest BCUT2D eigenvalue weighted by molar-refractivity contribution is 0.0143. The van der Waals surface area contributed by atoms with Gasteiger partial charge in [-0.1, -0.05) is 13.8 Å². The molecular weight excluding hydrogens is 314 g/mol. The SMILES string of the molecule is CCNC(=NCC(CC(C)C)N1CCOCC1)NCCNC(C)(C)C. The summed E-state index contributed by atoms with van der Waals surface area (Å²) in [7, 11) is 0. The van der Waals surface area contributed by atoms with Crippen molar-refractivity contribution in [2.45, 2.75) is 59.5 Å². The van der Waals surface area contributed by atoms with Crippen LogP contribution in [-0.2, 0) is 4.74 Å². The molecule has 0 bridgehead atoms. The molecule has 6 heteroatoms. The predicted molar refractivity (Wildman–Crippen MR) is 107 cm³/mol. The lowest BCUT2D eigenvalue weighted by Crippen LogP contribution is -2.47. The van der Waals surface area contributed by atoms with Crippen LogP contribution >= 0.6 is 0 Å². The van der Waals surface area contributed by atoms with Gasteiger partial charge in [0.1, 0.15) is 0 Å². The third-order valence-corrected chi connectivity index (χ3v) is 4.18. The van der Waals surface area contributed by atoms with Gasteiger partial charge in [-0.05, 0) is 40.0 Å². The molecule has 0 aromatic rings. The highest BCUT2D eigenvalue weighted by molar-refractivity contribution is 5.79. The number of hydrogen-bond donors (Lipinski definition) is 3.